The Morgan fingerprint density at radius 3 is 2.93 bits per heavy atom. The topological polar surface area (TPSA) is 75.4 Å². The van der Waals surface area contributed by atoms with E-state index in [1.54, 1.807) is 6.07 Å². The van der Waals surface area contributed by atoms with Gasteiger partial charge in [-0.25, -0.2) is 0 Å². The van der Waals surface area contributed by atoms with Crippen LogP contribution in [0.5, 0.6) is 5.75 Å². The molecule has 1 aromatic rings. The largest absolute Gasteiger partial charge is 0.508 e. The predicted octanol–water partition coefficient (Wildman–Crippen LogP) is 0.916. The molecular formula is C11H14N2O2. The van der Waals surface area contributed by atoms with Crippen molar-refractivity contribution in [2.24, 2.45) is 5.73 Å². The van der Waals surface area contributed by atoms with E-state index in [-0.39, 0.29) is 11.8 Å². The van der Waals surface area contributed by atoms with Gasteiger partial charge in [0.05, 0.1) is 0 Å². The number of aromatic hydroxyl groups is 1. The Labute approximate surface area is 88.1 Å². The summed E-state index contributed by atoms with van der Waals surface area (Å²) in [5.74, 6) is -0.242. The van der Waals surface area contributed by atoms with E-state index in [0.717, 1.165) is 24.9 Å². The van der Waals surface area contributed by atoms with Gasteiger partial charge in [0.1, 0.15) is 5.75 Å². The van der Waals surface area contributed by atoms with Crippen molar-refractivity contribution in [1.82, 2.24) is 5.32 Å². The second kappa shape index (κ2) is 3.90. The highest BCUT2D eigenvalue weighted by Crippen LogP contribution is 2.30. The fourth-order valence-corrected chi connectivity index (χ4v) is 1.94. The summed E-state index contributed by atoms with van der Waals surface area (Å²) >= 11 is 0. The molecule has 0 spiro atoms. The molecule has 80 valence electrons. The van der Waals surface area contributed by atoms with Crippen LogP contribution in [0.15, 0.2) is 18.2 Å². The van der Waals surface area contributed by atoms with Gasteiger partial charge in [0.25, 0.3) is 0 Å². The van der Waals surface area contributed by atoms with E-state index in [9.17, 15) is 9.90 Å². The number of hydrogen-bond acceptors (Lipinski definition) is 3. The molecule has 1 heterocycles. The minimum absolute atomic E-state index is 0.143. The zero-order chi connectivity index (χ0) is 10.8. The van der Waals surface area contributed by atoms with Crippen LogP contribution in [0.3, 0.4) is 0 Å². The Morgan fingerprint density at radius 2 is 2.33 bits per heavy atom. The van der Waals surface area contributed by atoms with Crippen LogP contribution in [0.25, 0.3) is 0 Å². The van der Waals surface area contributed by atoms with Crippen LogP contribution in [0.1, 0.15) is 34.8 Å². The van der Waals surface area contributed by atoms with Crippen LogP contribution < -0.4 is 11.1 Å². The lowest BCUT2D eigenvalue weighted by Gasteiger charge is -2.13. The maximum absolute atomic E-state index is 11.0. The van der Waals surface area contributed by atoms with E-state index in [0.29, 0.717) is 5.56 Å². The molecule has 1 aliphatic heterocycles. The van der Waals surface area contributed by atoms with E-state index >= 15 is 0 Å². The predicted molar refractivity (Wildman–Crippen MR) is 56.6 cm³/mol. The molecule has 0 unspecified atom stereocenters. The highest BCUT2D eigenvalue weighted by Gasteiger charge is 2.20. The number of rotatable bonds is 2. The summed E-state index contributed by atoms with van der Waals surface area (Å²) in [6.45, 7) is 0.949. The third-order valence-corrected chi connectivity index (χ3v) is 2.75. The summed E-state index contributed by atoms with van der Waals surface area (Å²) in [7, 11) is 0. The van der Waals surface area contributed by atoms with Crippen LogP contribution in [0.2, 0.25) is 0 Å². The molecule has 0 radical (unpaired) electrons. The Hall–Kier alpha value is -1.55. The molecule has 1 aliphatic rings. The second-order valence-electron chi connectivity index (χ2n) is 3.79. The van der Waals surface area contributed by atoms with Crippen LogP contribution >= 0.6 is 0 Å². The third kappa shape index (κ3) is 1.94. The molecule has 1 amide bonds. The summed E-state index contributed by atoms with van der Waals surface area (Å²) in [5, 5.41) is 13.0. The normalized spacial score (nSPS) is 20.4. The van der Waals surface area contributed by atoms with Gasteiger partial charge >= 0.3 is 0 Å². The monoisotopic (exact) mass is 206 g/mol. The first-order valence-electron chi connectivity index (χ1n) is 5.04. The van der Waals surface area contributed by atoms with Gasteiger partial charge in [0.2, 0.25) is 5.91 Å². The molecule has 0 aromatic heterocycles. The minimum atomic E-state index is -0.464. The number of phenols is 1. The van der Waals surface area contributed by atoms with Gasteiger partial charge in [0.15, 0.2) is 0 Å². The van der Waals surface area contributed by atoms with Gasteiger partial charge in [-0.2, -0.15) is 0 Å². The Balaban J connectivity index is 2.35. The maximum Gasteiger partial charge on any atom is 0.248 e. The van der Waals surface area contributed by atoms with Crippen LogP contribution in [-0.4, -0.2) is 17.6 Å². The van der Waals surface area contributed by atoms with E-state index in [1.807, 2.05) is 0 Å². The van der Waals surface area contributed by atoms with Crippen molar-refractivity contribution < 1.29 is 9.90 Å². The maximum atomic E-state index is 11.0. The number of hydrogen-bond donors (Lipinski definition) is 3. The highest BCUT2D eigenvalue weighted by molar-refractivity contribution is 5.93. The lowest BCUT2D eigenvalue weighted by Crippen LogP contribution is -2.15. The molecule has 4 nitrogen and oxygen atoms in total. The SMILES string of the molecule is NC(=O)c1ccc(O)c([C@@H]2CCCN2)c1. The molecule has 1 fully saturated rings. The van der Waals surface area contributed by atoms with Crippen molar-refractivity contribution >= 4 is 5.91 Å². The number of phenolic OH excluding ortho intramolecular Hbond substituents is 1. The standard InChI is InChI=1S/C11H14N2O2/c12-11(15)7-3-4-10(14)8(6-7)9-2-1-5-13-9/h3-4,6,9,13-14H,1-2,5H2,(H2,12,15)/t9-/m0/s1. The fourth-order valence-electron chi connectivity index (χ4n) is 1.94. The van der Waals surface area contributed by atoms with Crippen molar-refractivity contribution in [3.05, 3.63) is 29.3 Å². The van der Waals surface area contributed by atoms with Crippen molar-refractivity contribution in [3.63, 3.8) is 0 Å². The molecule has 1 atom stereocenters. The molecule has 0 bridgehead atoms. The van der Waals surface area contributed by atoms with Crippen molar-refractivity contribution in [1.29, 1.82) is 0 Å². The number of amides is 1. The minimum Gasteiger partial charge on any atom is -0.508 e. The van der Waals surface area contributed by atoms with E-state index in [1.165, 1.54) is 12.1 Å². The summed E-state index contributed by atoms with van der Waals surface area (Å²) in [4.78, 5) is 11.0. The van der Waals surface area contributed by atoms with E-state index < -0.39 is 5.91 Å². The number of benzene rings is 1. The van der Waals surface area contributed by atoms with Gasteiger partial charge in [-0.15, -0.1) is 0 Å². The summed E-state index contributed by atoms with van der Waals surface area (Å²) in [6.07, 6.45) is 2.07. The number of nitrogens with one attached hydrogen (secondary N) is 1. The highest BCUT2D eigenvalue weighted by atomic mass is 16.3. The molecule has 0 saturated carbocycles. The van der Waals surface area contributed by atoms with Gasteiger partial charge < -0.3 is 16.2 Å². The number of carbonyl (C=O) groups excluding carboxylic acids is 1. The first-order chi connectivity index (χ1) is 7.18. The lowest BCUT2D eigenvalue weighted by molar-refractivity contribution is 0.1000. The lowest BCUT2D eigenvalue weighted by atomic mass is 10.0. The summed E-state index contributed by atoms with van der Waals surface area (Å²) in [5.41, 5.74) is 6.40. The van der Waals surface area contributed by atoms with Crippen LogP contribution in [0.4, 0.5) is 0 Å². The fraction of sp³-hybridized carbons (Fsp3) is 0.364. The molecular weight excluding hydrogens is 192 g/mol. The number of nitrogens with two attached hydrogens (primary N) is 1. The first kappa shape index (κ1) is 9.98. The summed E-state index contributed by atoms with van der Waals surface area (Å²) in [6, 6.07) is 4.87. The average molecular weight is 206 g/mol. The Bertz CT molecular complexity index is 384. The molecule has 1 aromatic carbocycles. The van der Waals surface area contributed by atoms with E-state index in [4.69, 9.17) is 5.73 Å². The molecule has 4 heteroatoms. The zero-order valence-corrected chi connectivity index (χ0v) is 8.36. The molecule has 0 aliphatic carbocycles. The number of carbonyl (C=O) groups is 1. The third-order valence-electron chi connectivity index (χ3n) is 2.75. The summed E-state index contributed by atoms with van der Waals surface area (Å²) < 4.78 is 0. The molecule has 1 saturated heterocycles. The molecule has 4 N–H and O–H groups in total. The van der Waals surface area contributed by atoms with Crippen LogP contribution in [0, 0.1) is 0 Å². The zero-order valence-electron chi connectivity index (χ0n) is 8.36. The van der Waals surface area contributed by atoms with E-state index in [2.05, 4.69) is 5.32 Å². The van der Waals surface area contributed by atoms with Crippen molar-refractivity contribution in [3.8, 4) is 5.75 Å². The smallest absolute Gasteiger partial charge is 0.248 e. The van der Waals surface area contributed by atoms with Gasteiger partial charge in [-0.05, 0) is 37.6 Å². The quantitative estimate of drug-likeness (QED) is 0.673. The van der Waals surface area contributed by atoms with Crippen molar-refractivity contribution in [2.45, 2.75) is 18.9 Å². The Morgan fingerprint density at radius 1 is 1.53 bits per heavy atom. The first-order valence-corrected chi connectivity index (χ1v) is 5.04. The van der Waals surface area contributed by atoms with Gasteiger partial charge in [0, 0.05) is 17.2 Å². The average Bonchev–Trinajstić information content (AvgIpc) is 2.71. The Kier molecular flexibility index (Phi) is 2.60. The molecule has 2 rings (SSSR count). The van der Waals surface area contributed by atoms with Gasteiger partial charge in [-0.3, -0.25) is 4.79 Å². The van der Waals surface area contributed by atoms with Crippen LogP contribution in [-0.2, 0) is 0 Å². The van der Waals surface area contributed by atoms with Crippen molar-refractivity contribution in [2.75, 3.05) is 6.54 Å². The number of primary amides is 1. The second-order valence-corrected chi connectivity index (χ2v) is 3.79. The molecule has 15 heavy (non-hydrogen) atoms. The van der Waals surface area contributed by atoms with Gasteiger partial charge in [-0.1, -0.05) is 0 Å².